The van der Waals surface area contributed by atoms with E-state index in [1.54, 1.807) is 0 Å². The molecule has 2 aromatic carbocycles. The van der Waals surface area contributed by atoms with Gasteiger partial charge in [0.15, 0.2) is 5.79 Å². The second-order valence-corrected chi connectivity index (χ2v) is 9.86. The Morgan fingerprint density at radius 2 is 1.68 bits per heavy atom. The number of fused-ring (bicyclic) bond motifs is 3. The Hall–Kier alpha value is -3.43. The van der Waals surface area contributed by atoms with Crippen molar-refractivity contribution < 1.29 is 33.7 Å². The Morgan fingerprint density at radius 1 is 1.03 bits per heavy atom. The molecular formula is C28H32N2O7. The highest BCUT2D eigenvalue weighted by Gasteiger charge is 2.42. The standard InChI is InChI=1S/C28H32N2O7/c31-25(32)12-11-24(26(33)29-18-6-5-13-28(16-18)36-14-15-37-28)30-27(34)35-17-23-21-9-3-1-7-19(21)20-8-2-4-10-22(20)23/h1-4,7-10,18,23-24H,5-6,11-17H2,(H,29,33)(H,30,34)(H,31,32). The van der Waals surface area contributed by atoms with E-state index in [2.05, 4.69) is 22.8 Å². The van der Waals surface area contributed by atoms with Gasteiger partial charge in [0.1, 0.15) is 12.6 Å². The summed E-state index contributed by atoms with van der Waals surface area (Å²) < 4.78 is 17.1. The van der Waals surface area contributed by atoms with Crippen molar-refractivity contribution in [1.82, 2.24) is 10.6 Å². The molecule has 1 spiro atoms. The van der Waals surface area contributed by atoms with Gasteiger partial charge in [-0.3, -0.25) is 9.59 Å². The number of carbonyl (C=O) groups is 3. The van der Waals surface area contributed by atoms with Crippen molar-refractivity contribution in [3.63, 3.8) is 0 Å². The van der Waals surface area contributed by atoms with Gasteiger partial charge in [0.2, 0.25) is 5.91 Å². The number of amides is 2. The van der Waals surface area contributed by atoms with Crippen LogP contribution in [0.4, 0.5) is 4.79 Å². The van der Waals surface area contributed by atoms with Gasteiger partial charge in [-0.05, 0) is 41.5 Å². The van der Waals surface area contributed by atoms with E-state index in [0.717, 1.165) is 41.5 Å². The maximum Gasteiger partial charge on any atom is 0.407 e. The maximum atomic E-state index is 13.1. The molecule has 2 aromatic rings. The minimum absolute atomic E-state index is 0.0454. The molecule has 9 heteroatoms. The highest BCUT2D eigenvalue weighted by atomic mass is 16.7. The summed E-state index contributed by atoms with van der Waals surface area (Å²) >= 11 is 0. The molecule has 2 atom stereocenters. The van der Waals surface area contributed by atoms with E-state index in [0.29, 0.717) is 19.6 Å². The molecule has 2 aliphatic carbocycles. The molecule has 1 heterocycles. The number of carbonyl (C=O) groups excluding carboxylic acids is 2. The molecule has 1 saturated carbocycles. The second-order valence-electron chi connectivity index (χ2n) is 9.86. The van der Waals surface area contributed by atoms with E-state index in [1.165, 1.54) is 0 Å². The van der Waals surface area contributed by atoms with Crippen LogP contribution in [0.15, 0.2) is 48.5 Å². The number of hydrogen-bond acceptors (Lipinski definition) is 6. The van der Waals surface area contributed by atoms with E-state index >= 15 is 0 Å². The van der Waals surface area contributed by atoms with Crippen molar-refractivity contribution in [2.24, 2.45) is 0 Å². The monoisotopic (exact) mass is 508 g/mol. The normalized spacial score (nSPS) is 20.6. The van der Waals surface area contributed by atoms with Crippen LogP contribution in [0.25, 0.3) is 11.1 Å². The summed E-state index contributed by atoms with van der Waals surface area (Å²) in [5.74, 6) is -2.26. The van der Waals surface area contributed by atoms with Crippen molar-refractivity contribution in [1.29, 1.82) is 0 Å². The first-order valence-electron chi connectivity index (χ1n) is 12.9. The van der Waals surface area contributed by atoms with E-state index < -0.39 is 29.8 Å². The van der Waals surface area contributed by atoms with E-state index in [9.17, 15) is 14.4 Å². The van der Waals surface area contributed by atoms with Crippen LogP contribution in [0.5, 0.6) is 0 Å². The lowest BCUT2D eigenvalue weighted by molar-refractivity contribution is -0.182. The number of rotatable bonds is 8. The molecule has 0 radical (unpaired) electrons. The number of hydrogen-bond donors (Lipinski definition) is 3. The van der Waals surface area contributed by atoms with Gasteiger partial charge in [0, 0.05) is 31.2 Å². The summed E-state index contributed by atoms with van der Waals surface area (Å²) in [5.41, 5.74) is 4.40. The Balaban J connectivity index is 1.21. The zero-order valence-corrected chi connectivity index (χ0v) is 20.6. The average Bonchev–Trinajstić information content (AvgIpc) is 3.47. The number of benzene rings is 2. The second kappa shape index (κ2) is 10.9. The van der Waals surface area contributed by atoms with Gasteiger partial charge in [-0.1, -0.05) is 48.5 Å². The van der Waals surface area contributed by atoms with Gasteiger partial charge in [0.25, 0.3) is 0 Å². The van der Waals surface area contributed by atoms with Gasteiger partial charge < -0.3 is 30.0 Å². The first-order valence-corrected chi connectivity index (χ1v) is 12.9. The molecule has 1 aliphatic heterocycles. The van der Waals surface area contributed by atoms with Gasteiger partial charge in [-0.25, -0.2) is 4.79 Å². The molecule has 2 amide bonds. The quantitative estimate of drug-likeness (QED) is 0.498. The summed E-state index contributed by atoms with van der Waals surface area (Å²) in [6, 6.07) is 14.8. The fraction of sp³-hybridized carbons (Fsp3) is 0.464. The Labute approximate surface area is 215 Å². The Kier molecular flexibility index (Phi) is 7.43. The van der Waals surface area contributed by atoms with Crippen molar-refractivity contribution in [3.8, 4) is 11.1 Å². The van der Waals surface area contributed by atoms with Crippen LogP contribution in [0.1, 0.15) is 55.6 Å². The van der Waals surface area contributed by atoms with Gasteiger partial charge >= 0.3 is 12.1 Å². The fourth-order valence-corrected chi connectivity index (χ4v) is 5.70. The van der Waals surface area contributed by atoms with Crippen LogP contribution in [-0.2, 0) is 23.8 Å². The predicted molar refractivity (Wildman–Crippen MR) is 134 cm³/mol. The van der Waals surface area contributed by atoms with E-state index in [4.69, 9.17) is 19.3 Å². The molecular weight excluding hydrogens is 476 g/mol. The van der Waals surface area contributed by atoms with Crippen LogP contribution < -0.4 is 10.6 Å². The number of carboxylic acid groups (broad SMARTS) is 1. The molecule has 9 nitrogen and oxygen atoms in total. The highest BCUT2D eigenvalue weighted by Crippen LogP contribution is 2.44. The van der Waals surface area contributed by atoms with Crippen LogP contribution in [0.2, 0.25) is 0 Å². The van der Waals surface area contributed by atoms with Crippen molar-refractivity contribution in [2.45, 2.75) is 62.3 Å². The third-order valence-corrected chi connectivity index (χ3v) is 7.43. The van der Waals surface area contributed by atoms with Gasteiger partial charge in [-0.15, -0.1) is 0 Å². The van der Waals surface area contributed by atoms with Crippen molar-refractivity contribution >= 4 is 18.0 Å². The molecule has 37 heavy (non-hydrogen) atoms. The molecule has 0 aromatic heterocycles. The van der Waals surface area contributed by atoms with Crippen LogP contribution in [0.3, 0.4) is 0 Å². The first kappa shape index (κ1) is 25.2. The summed E-state index contributed by atoms with van der Waals surface area (Å²) in [7, 11) is 0. The number of aliphatic carboxylic acids is 1. The molecule has 3 N–H and O–H groups in total. The molecule has 0 bridgehead atoms. The Morgan fingerprint density at radius 3 is 2.32 bits per heavy atom. The lowest BCUT2D eigenvalue weighted by atomic mass is 9.89. The van der Waals surface area contributed by atoms with Crippen LogP contribution in [-0.4, -0.2) is 60.8 Å². The van der Waals surface area contributed by atoms with Crippen molar-refractivity contribution in [3.05, 3.63) is 59.7 Å². The van der Waals surface area contributed by atoms with Crippen LogP contribution >= 0.6 is 0 Å². The lowest BCUT2D eigenvalue weighted by Gasteiger charge is -2.36. The first-order chi connectivity index (χ1) is 17.9. The number of nitrogens with one attached hydrogen (secondary N) is 2. The predicted octanol–water partition coefficient (Wildman–Crippen LogP) is 3.56. The largest absolute Gasteiger partial charge is 0.481 e. The zero-order chi connectivity index (χ0) is 25.8. The summed E-state index contributed by atoms with van der Waals surface area (Å²) in [4.78, 5) is 37.1. The maximum absolute atomic E-state index is 13.1. The minimum atomic E-state index is -1.04. The summed E-state index contributed by atoms with van der Waals surface area (Å²) in [6.45, 7) is 1.17. The number of ether oxygens (including phenoxy) is 3. The van der Waals surface area contributed by atoms with E-state index in [1.807, 2.05) is 36.4 Å². The molecule has 5 rings (SSSR count). The lowest BCUT2D eigenvalue weighted by Crippen LogP contribution is -2.53. The summed E-state index contributed by atoms with van der Waals surface area (Å²) in [6.07, 6.45) is 1.84. The third kappa shape index (κ3) is 5.62. The topological polar surface area (TPSA) is 123 Å². The third-order valence-electron chi connectivity index (χ3n) is 7.43. The zero-order valence-electron chi connectivity index (χ0n) is 20.6. The number of carboxylic acids is 1. The smallest absolute Gasteiger partial charge is 0.407 e. The van der Waals surface area contributed by atoms with Crippen molar-refractivity contribution in [2.75, 3.05) is 19.8 Å². The fourth-order valence-electron chi connectivity index (χ4n) is 5.70. The molecule has 2 unspecified atom stereocenters. The number of alkyl carbamates (subject to hydrolysis) is 1. The van der Waals surface area contributed by atoms with Gasteiger partial charge in [0.05, 0.1) is 13.2 Å². The van der Waals surface area contributed by atoms with Crippen LogP contribution in [0, 0.1) is 0 Å². The summed E-state index contributed by atoms with van der Waals surface area (Å²) in [5, 5.41) is 14.7. The molecule has 196 valence electrons. The molecule has 3 aliphatic rings. The average molecular weight is 509 g/mol. The molecule has 2 fully saturated rings. The SMILES string of the molecule is O=C(O)CCC(NC(=O)OCC1c2ccccc2-c2ccccc21)C(=O)NC1CCCC2(C1)OCCO2. The van der Waals surface area contributed by atoms with E-state index in [-0.39, 0.29) is 31.4 Å². The highest BCUT2D eigenvalue weighted by molar-refractivity contribution is 5.86. The van der Waals surface area contributed by atoms with Gasteiger partial charge in [-0.2, -0.15) is 0 Å². The minimum Gasteiger partial charge on any atom is -0.481 e. The Bertz CT molecular complexity index is 1120. The molecule has 1 saturated heterocycles.